The van der Waals surface area contributed by atoms with Crippen LogP contribution in [0.4, 0.5) is 11.4 Å². The number of carbonyl (C=O) groups is 3. The molecule has 2 amide bonds. The van der Waals surface area contributed by atoms with Crippen molar-refractivity contribution in [3.63, 3.8) is 0 Å². The van der Waals surface area contributed by atoms with E-state index >= 15 is 0 Å². The summed E-state index contributed by atoms with van der Waals surface area (Å²) in [5.74, 6) is -2.06. The number of hydrogen-bond acceptors (Lipinski definition) is 4. The number of anilines is 2. The van der Waals surface area contributed by atoms with Crippen LogP contribution in [0.3, 0.4) is 0 Å². The maximum atomic E-state index is 11.9. The van der Waals surface area contributed by atoms with Crippen LogP contribution in [0, 0.1) is 5.92 Å². The molecule has 0 fully saturated rings. The first-order chi connectivity index (χ1) is 9.72. The fraction of sp³-hybridized carbons (Fsp3) is 0.357. The normalized spacial score (nSPS) is 11.9. The highest BCUT2D eigenvalue weighted by Gasteiger charge is 2.20. The molecule has 7 nitrogen and oxygen atoms in total. The van der Waals surface area contributed by atoms with Crippen LogP contribution < -0.4 is 16.4 Å². The second-order valence-electron chi connectivity index (χ2n) is 5.01. The van der Waals surface area contributed by atoms with Crippen molar-refractivity contribution in [3.8, 4) is 0 Å². The highest BCUT2D eigenvalue weighted by Crippen LogP contribution is 2.21. The van der Waals surface area contributed by atoms with E-state index in [-0.39, 0.29) is 23.1 Å². The first-order valence-electron chi connectivity index (χ1n) is 6.43. The number of rotatable bonds is 5. The lowest BCUT2D eigenvalue weighted by atomic mass is 10.0. The first kappa shape index (κ1) is 16.6. The molecule has 1 rings (SSSR count). The molecule has 1 aromatic rings. The van der Waals surface area contributed by atoms with Gasteiger partial charge in [0.05, 0.1) is 17.3 Å². The third-order valence-electron chi connectivity index (χ3n) is 2.85. The van der Waals surface area contributed by atoms with Gasteiger partial charge in [-0.2, -0.15) is 0 Å². The van der Waals surface area contributed by atoms with Crippen LogP contribution in [-0.2, 0) is 9.59 Å². The topological polar surface area (TPSA) is 122 Å². The van der Waals surface area contributed by atoms with Gasteiger partial charge in [0.25, 0.3) is 0 Å². The van der Waals surface area contributed by atoms with Gasteiger partial charge in [-0.25, -0.2) is 4.79 Å². The molecule has 0 aliphatic heterocycles. The molecular formula is C14H19N3O4. The van der Waals surface area contributed by atoms with Gasteiger partial charge in [-0.05, 0) is 24.1 Å². The summed E-state index contributed by atoms with van der Waals surface area (Å²) in [5, 5.41) is 14.2. The van der Waals surface area contributed by atoms with Crippen molar-refractivity contribution in [1.29, 1.82) is 0 Å². The van der Waals surface area contributed by atoms with Gasteiger partial charge in [0, 0.05) is 12.6 Å². The molecule has 0 bridgehead atoms. The van der Waals surface area contributed by atoms with Crippen molar-refractivity contribution >= 4 is 29.2 Å². The third kappa shape index (κ3) is 4.57. The van der Waals surface area contributed by atoms with E-state index in [2.05, 4.69) is 10.6 Å². The van der Waals surface area contributed by atoms with Crippen molar-refractivity contribution in [2.24, 2.45) is 11.7 Å². The Balaban J connectivity index is 3.04. The van der Waals surface area contributed by atoms with E-state index in [0.717, 1.165) is 0 Å². The van der Waals surface area contributed by atoms with E-state index in [0.29, 0.717) is 5.69 Å². The summed E-state index contributed by atoms with van der Waals surface area (Å²) in [6.45, 7) is 4.91. The molecule has 114 valence electrons. The molecule has 1 unspecified atom stereocenters. The summed E-state index contributed by atoms with van der Waals surface area (Å²) >= 11 is 0. The highest BCUT2D eigenvalue weighted by molar-refractivity contribution is 6.03. The number of amides is 2. The first-order valence-corrected chi connectivity index (χ1v) is 6.43. The summed E-state index contributed by atoms with van der Waals surface area (Å²) in [6, 6.07) is 3.46. The predicted octanol–water partition coefficient (Wildman–Crippen LogP) is 1.26. The van der Waals surface area contributed by atoms with E-state index in [9.17, 15) is 19.5 Å². The SMILES string of the molecule is CC(=O)Nc1ccc(NC(=O)C(N)C(C)C)c(C(=O)O)c1. The van der Waals surface area contributed by atoms with Crippen LogP contribution >= 0.6 is 0 Å². The molecule has 0 saturated carbocycles. The number of hydrogen-bond donors (Lipinski definition) is 4. The molecule has 5 N–H and O–H groups in total. The van der Waals surface area contributed by atoms with Crippen LogP contribution in [0.25, 0.3) is 0 Å². The van der Waals surface area contributed by atoms with Crippen molar-refractivity contribution in [2.45, 2.75) is 26.8 Å². The lowest BCUT2D eigenvalue weighted by Crippen LogP contribution is -2.40. The Morgan fingerprint density at radius 2 is 1.81 bits per heavy atom. The zero-order valence-corrected chi connectivity index (χ0v) is 12.1. The van der Waals surface area contributed by atoms with Crippen molar-refractivity contribution in [1.82, 2.24) is 0 Å². The van der Waals surface area contributed by atoms with Gasteiger partial charge in [0.15, 0.2) is 0 Å². The summed E-state index contributed by atoms with van der Waals surface area (Å²) in [6.07, 6.45) is 0. The minimum absolute atomic E-state index is 0.0723. The van der Waals surface area contributed by atoms with Crippen LogP contribution in [0.1, 0.15) is 31.1 Å². The molecule has 1 aromatic carbocycles. The molecular weight excluding hydrogens is 274 g/mol. The number of carbonyl (C=O) groups excluding carboxylic acids is 2. The predicted molar refractivity (Wildman–Crippen MR) is 79.1 cm³/mol. The van der Waals surface area contributed by atoms with Crippen molar-refractivity contribution in [2.75, 3.05) is 10.6 Å². The average molecular weight is 293 g/mol. The van der Waals surface area contributed by atoms with Gasteiger partial charge in [-0.3, -0.25) is 9.59 Å². The van der Waals surface area contributed by atoms with Gasteiger partial charge in [-0.15, -0.1) is 0 Å². The van der Waals surface area contributed by atoms with Gasteiger partial charge >= 0.3 is 5.97 Å². The number of aromatic carboxylic acids is 1. The highest BCUT2D eigenvalue weighted by atomic mass is 16.4. The van der Waals surface area contributed by atoms with Crippen LogP contribution in [-0.4, -0.2) is 28.9 Å². The molecule has 0 aromatic heterocycles. The smallest absolute Gasteiger partial charge is 0.337 e. The van der Waals surface area contributed by atoms with E-state index in [1.54, 1.807) is 13.8 Å². The fourth-order valence-corrected chi connectivity index (χ4v) is 1.63. The van der Waals surface area contributed by atoms with Crippen molar-refractivity contribution < 1.29 is 19.5 Å². The Hall–Kier alpha value is -2.41. The molecule has 0 aliphatic rings. The van der Waals surface area contributed by atoms with Crippen molar-refractivity contribution in [3.05, 3.63) is 23.8 Å². The number of carboxylic acid groups (broad SMARTS) is 1. The average Bonchev–Trinajstić information content (AvgIpc) is 2.38. The molecule has 21 heavy (non-hydrogen) atoms. The number of nitrogens with two attached hydrogens (primary N) is 1. The van der Waals surface area contributed by atoms with E-state index in [1.165, 1.54) is 25.1 Å². The lowest BCUT2D eigenvalue weighted by Gasteiger charge is -2.17. The third-order valence-corrected chi connectivity index (χ3v) is 2.85. The second kappa shape index (κ2) is 6.85. The summed E-state index contributed by atoms with van der Waals surface area (Å²) in [4.78, 5) is 34.1. The molecule has 0 radical (unpaired) electrons. The summed E-state index contributed by atoms with van der Waals surface area (Å²) in [5.41, 5.74) is 6.07. The Morgan fingerprint density at radius 1 is 1.19 bits per heavy atom. The van der Waals surface area contributed by atoms with E-state index in [1.807, 2.05) is 0 Å². The molecule has 0 spiro atoms. The Kier molecular flexibility index (Phi) is 5.43. The zero-order valence-electron chi connectivity index (χ0n) is 12.1. The quantitative estimate of drug-likeness (QED) is 0.651. The van der Waals surface area contributed by atoms with Gasteiger partial charge < -0.3 is 21.5 Å². The minimum atomic E-state index is -1.21. The standard InChI is InChI=1S/C14H19N3O4/c1-7(2)12(15)13(19)17-11-5-4-9(16-8(3)18)6-10(11)14(20)21/h4-7,12H,15H2,1-3H3,(H,16,18)(H,17,19)(H,20,21). The Labute approximate surface area is 122 Å². The largest absolute Gasteiger partial charge is 0.478 e. The monoisotopic (exact) mass is 293 g/mol. The minimum Gasteiger partial charge on any atom is -0.478 e. The fourth-order valence-electron chi connectivity index (χ4n) is 1.63. The maximum Gasteiger partial charge on any atom is 0.337 e. The summed E-state index contributed by atoms with van der Waals surface area (Å²) < 4.78 is 0. The van der Waals surface area contributed by atoms with E-state index < -0.39 is 17.9 Å². The van der Waals surface area contributed by atoms with Gasteiger partial charge in [0.2, 0.25) is 11.8 Å². The molecule has 1 atom stereocenters. The number of nitrogens with one attached hydrogen (secondary N) is 2. The molecule has 0 heterocycles. The molecule has 7 heteroatoms. The van der Waals surface area contributed by atoms with Crippen LogP contribution in [0.5, 0.6) is 0 Å². The zero-order chi connectivity index (χ0) is 16.2. The van der Waals surface area contributed by atoms with Crippen LogP contribution in [0.2, 0.25) is 0 Å². The van der Waals surface area contributed by atoms with Gasteiger partial charge in [-0.1, -0.05) is 13.8 Å². The Bertz CT molecular complexity index is 569. The molecule has 0 saturated heterocycles. The number of carboxylic acids is 1. The van der Waals surface area contributed by atoms with E-state index in [4.69, 9.17) is 5.73 Å². The maximum absolute atomic E-state index is 11.9. The second-order valence-corrected chi connectivity index (χ2v) is 5.01. The number of benzene rings is 1. The summed E-state index contributed by atoms with van der Waals surface area (Å²) in [7, 11) is 0. The Morgan fingerprint density at radius 3 is 2.29 bits per heavy atom. The lowest BCUT2D eigenvalue weighted by molar-refractivity contribution is -0.118. The van der Waals surface area contributed by atoms with Gasteiger partial charge in [0.1, 0.15) is 0 Å². The van der Waals surface area contributed by atoms with Crippen LogP contribution in [0.15, 0.2) is 18.2 Å². The molecule has 0 aliphatic carbocycles.